The van der Waals surface area contributed by atoms with Crippen LogP contribution in [-0.2, 0) is 9.59 Å². The predicted octanol–water partition coefficient (Wildman–Crippen LogP) is 0.156. The summed E-state index contributed by atoms with van der Waals surface area (Å²) in [4.78, 5) is 34.8. The van der Waals surface area contributed by atoms with Crippen LogP contribution in [0.25, 0.3) is 0 Å². The Labute approximate surface area is 154 Å². The Kier molecular flexibility index (Phi) is 6.48. The molecule has 2 aromatic carbocycles. The van der Waals surface area contributed by atoms with Crippen LogP contribution < -0.4 is 25.3 Å². The number of benzene rings is 2. The summed E-state index contributed by atoms with van der Waals surface area (Å²) in [5.74, 6) is -2.84. The van der Waals surface area contributed by atoms with Crippen LogP contribution in [0, 0.1) is 0 Å². The number of aromatic carboxylic acids is 1. The molecule has 27 heavy (non-hydrogen) atoms. The van der Waals surface area contributed by atoms with E-state index in [9.17, 15) is 19.5 Å². The van der Waals surface area contributed by atoms with Gasteiger partial charge in [-0.05, 0) is 35.9 Å². The first kappa shape index (κ1) is 19.4. The van der Waals surface area contributed by atoms with Gasteiger partial charge in [-0.2, -0.15) is 5.10 Å². The number of carboxylic acid groups (broad SMARTS) is 1. The van der Waals surface area contributed by atoms with Crippen molar-refractivity contribution in [3.63, 3.8) is 0 Å². The van der Waals surface area contributed by atoms with Crippen molar-refractivity contribution < 1.29 is 29.0 Å². The second-order valence-corrected chi connectivity index (χ2v) is 5.10. The smallest absolute Gasteiger partial charge is 0.329 e. The Morgan fingerprint density at radius 1 is 1.00 bits per heavy atom. The van der Waals surface area contributed by atoms with E-state index in [0.29, 0.717) is 17.0 Å². The highest BCUT2D eigenvalue weighted by molar-refractivity contribution is 6.39. The average Bonchev–Trinajstić information content (AvgIpc) is 2.68. The lowest BCUT2D eigenvalue weighted by Crippen LogP contribution is -2.32. The van der Waals surface area contributed by atoms with Crippen molar-refractivity contribution in [2.24, 2.45) is 5.10 Å². The summed E-state index contributed by atoms with van der Waals surface area (Å²) >= 11 is 0. The highest BCUT2D eigenvalue weighted by Crippen LogP contribution is 2.22. The number of hydrogen-bond acceptors (Lipinski definition) is 7. The molecule has 2 aromatic rings. The molecule has 0 aliphatic carbocycles. The van der Waals surface area contributed by atoms with Crippen LogP contribution in [0.15, 0.2) is 47.6 Å². The first-order valence-corrected chi connectivity index (χ1v) is 7.63. The van der Waals surface area contributed by atoms with E-state index in [1.54, 1.807) is 24.3 Å². The molecule has 0 bridgehead atoms. The van der Waals surface area contributed by atoms with Gasteiger partial charge in [0.1, 0.15) is 11.5 Å². The fourth-order valence-corrected chi connectivity index (χ4v) is 2.11. The number of carboxylic acids is 1. The van der Waals surface area contributed by atoms with Gasteiger partial charge in [0.25, 0.3) is 0 Å². The van der Waals surface area contributed by atoms with Crippen LogP contribution in [-0.4, -0.2) is 38.2 Å². The van der Waals surface area contributed by atoms with E-state index >= 15 is 0 Å². The minimum atomic E-state index is -1.41. The largest absolute Gasteiger partial charge is 0.545 e. The molecular weight excluding hydrogens is 354 g/mol. The molecule has 9 heteroatoms. The fourth-order valence-electron chi connectivity index (χ4n) is 2.11. The lowest BCUT2D eigenvalue weighted by molar-refractivity contribution is -0.255. The van der Waals surface area contributed by atoms with Crippen molar-refractivity contribution in [1.29, 1.82) is 0 Å². The normalized spacial score (nSPS) is 10.3. The Morgan fingerprint density at radius 3 is 2.37 bits per heavy atom. The molecule has 0 fully saturated rings. The standard InChI is InChI=1S/C18H17N3O6/c1-26-14-8-7-11(9-12(14)18(24)25)10-19-21-17(23)16(22)20-13-5-3-4-6-15(13)27-2/h3-10H,1-2H3,(H,20,22)(H,21,23)(H,24,25)/p-1/b19-10-. The van der Waals surface area contributed by atoms with Gasteiger partial charge in [-0.1, -0.05) is 12.1 Å². The maximum Gasteiger partial charge on any atom is 0.329 e. The molecule has 0 heterocycles. The van der Waals surface area contributed by atoms with E-state index in [2.05, 4.69) is 10.4 Å². The summed E-state index contributed by atoms with van der Waals surface area (Å²) in [5.41, 5.74) is 2.58. The number of amides is 2. The third-order valence-corrected chi connectivity index (χ3v) is 3.38. The van der Waals surface area contributed by atoms with Crippen molar-refractivity contribution in [2.45, 2.75) is 0 Å². The van der Waals surface area contributed by atoms with E-state index in [1.807, 2.05) is 5.43 Å². The SMILES string of the molecule is COc1ccccc1NC(=O)C(=O)N/N=C\c1ccc(OC)c(C(=O)[O-])c1. The predicted molar refractivity (Wildman–Crippen MR) is 94.7 cm³/mol. The van der Waals surface area contributed by atoms with Gasteiger partial charge in [-0.15, -0.1) is 0 Å². The topological polar surface area (TPSA) is 129 Å². The Balaban J connectivity index is 2.01. The second-order valence-electron chi connectivity index (χ2n) is 5.10. The molecule has 0 radical (unpaired) electrons. The zero-order valence-electron chi connectivity index (χ0n) is 14.5. The fraction of sp³-hybridized carbons (Fsp3) is 0.111. The first-order chi connectivity index (χ1) is 13.0. The van der Waals surface area contributed by atoms with E-state index in [0.717, 1.165) is 0 Å². The molecule has 0 atom stereocenters. The van der Waals surface area contributed by atoms with Gasteiger partial charge in [-0.3, -0.25) is 9.59 Å². The molecule has 0 aliphatic heterocycles. The number of ether oxygens (including phenoxy) is 2. The molecule has 9 nitrogen and oxygen atoms in total. The molecule has 0 unspecified atom stereocenters. The summed E-state index contributed by atoms with van der Waals surface area (Å²) < 4.78 is 9.99. The van der Waals surface area contributed by atoms with Crippen molar-refractivity contribution in [1.82, 2.24) is 5.43 Å². The maximum absolute atomic E-state index is 11.9. The Bertz CT molecular complexity index is 894. The molecular formula is C18H16N3O6-. The highest BCUT2D eigenvalue weighted by atomic mass is 16.5. The maximum atomic E-state index is 11.9. The first-order valence-electron chi connectivity index (χ1n) is 7.63. The summed E-state index contributed by atoms with van der Waals surface area (Å²) in [6, 6.07) is 10.8. The zero-order chi connectivity index (χ0) is 19.8. The van der Waals surface area contributed by atoms with Gasteiger partial charge in [0.05, 0.1) is 32.1 Å². The van der Waals surface area contributed by atoms with Gasteiger partial charge in [-0.25, -0.2) is 5.43 Å². The number of nitrogens with one attached hydrogen (secondary N) is 2. The summed E-state index contributed by atoms with van der Waals surface area (Å²) in [7, 11) is 2.77. The van der Waals surface area contributed by atoms with E-state index in [4.69, 9.17) is 9.47 Å². The number of carbonyl (C=O) groups excluding carboxylic acids is 3. The number of nitrogens with zero attached hydrogens (tertiary/aromatic N) is 1. The molecule has 0 saturated carbocycles. The second kappa shape index (κ2) is 8.99. The molecule has 0 spiro atoms. The number of hydrazone groups is 1. The van der Waals surface area contributed by atoms with E-state index in [1.165, 1.54) is 38.6 Å². The van der Waals surface area contributed by atoms with Crippen LogP contribution in [0.4, 0.5) is 5.69 Å². The van der Waals surface area contributed by atoms with Gasteiger partial charge in [0, 0.05) is 5.56 Å². The lowest BCUT2D eigenvalue weighted by Gasteiger charge is -2.10. The number of rotatable bonds is 6. The van der Waals surface area contributed by atoms with Crippen molar-refractivity contribution >= 4 is 29.7 Å². The number of methoxy groups -OCH3 is 2. The van der Waals surface area contributed by atoms with Crippen LogP contribution in [0.1, 0.15) is 15.9 Å². The van der Waals surface area contributed by atoms with Gasteiger partial charge in [0.15, 0.2) is 0 Å². The minimum Gasteiger partial charge on any atom is -0.545 e. The van der Waals surface area contributed by atoms with Gasteiger partial charge in [0.2, 0.25) is 0 Å². The Hall–Kier alpha value is -3.88. The van der Waals surface area contributed by atoms with Gasteiger partial charge < -0.3 is 24.7 Å². The van der Waals surface area contributed by atoms with Crippen LogP contribution in [0.2, 0.25) is 0 Å². The van der Waals surface area contributed by atoms with Crippen LogP contribution >= 0.6 is 0 Å². The summed E-state index contributed by atoms with van der Waals surface area (Å²) in [6.07, 6.45) is 1.18. The quantitative estimate of drug-likeness (QED) is 0.423. The minimum absolute atomic E-state index is 0.132. The third kappa shape index (κ3) is 5.05. The molecule has 0 saturated heterocycles. The number of para-hydroxylation sites is 2. The van der Waals surface area contributed by atoms with Crippen molar-refractivity contribution in [2.75, 3.05) is 19.5 Å². The lowest BCUT2D eigenvalue weighted by atomic mass is 10.1. The third-order valence-electron chi connectivity index (χ3n) is 3.38. The summed E-state index contributed by atoms with van der Waals surface area (Å²) in [5, 5.41) is 17.1. The molecule has 2 rings (SSSR count). The average molecular weight is 370 g/mol. The van der Waals surface area contributed by atoms with E-state index in [-0.39, 0.29) is 11.3 Å². The molecule has 140 valence electrons. The van der Waals surface area contributed by atoms with Crippen LogP contribution in [0.5, 0.6) is 11.5 Å². The van der Waals surface area contributed by atoms with Gasteiger partial charge >= 0.3 is 11.8 Å². The number of carbonyl (C=O) groups is 3. The molecule has 2 amide bonds. The highest BCUT2D eigenvalue weighted by Gasteiger charge is 2.15. The number of anilines is 1. The summed E-state index contributed by atoms with van der Waals surface area (Å²) in [6.45, 7) is 0. The monoisotopic (exact) mass is 370 g/mol. The van der Waals surface area contributed by atoms with E-state index < -0.39 is 17.8 Å². The van der Waals surface area contributed by atoms with Crippen molar-refractivity contribution in [3.8, 4) is 11.5 Å². The zero-order valence-corrected chi connectivity index (χ0v) is 14.5. The van der Waals surface area contributed by atoms with Crippen LogP contribution in [0.3, 0.4) is 0 Å². The number of hydrogen-bond donors (Lipinski definition) is 2. The molecule has 2 N–H and O–H groups in total. The molecule has 0 aliphatic rings. The van der Waals surface area contributed by atoms with Crippen molar-refractivity contribution in [3.05, 3.63) is 53.6 Å². The Morgan fingerprint density at radius 2 is 1.70 bits per heavy atom. The molecule has 0 aromatic heterocycles.